The number of nitrogens with one attached hydrogen (secondary N) is 1. The number of hydrogen-bond acceptors (Lipinski definition) is 3. The van der Waals surface area contributed by atoms with Gasteiger partial charge in [0.2, 0.25) is 0 Å². The van der Waals surface area contributed by atoms with Crippen molar-refractivity contribution in [3.8, 4) is 5.75 Å². The van der Waals surface area contributed by atoms with E-state index in [0.29, 0.717) is 5.76 Å². The summed E-state index contributed by atoms with van der Waals surface area (Å²) in [6.07, 6.45) is 5.53. The van der Waals surface area contributed by atoms with Crippen molar-refractivity contribution in [3.05, 3.63) is 66.0 Å². The third-order valence-electron chi connectivity index (χ3n) is 3.09. The van der Waals surface area contributed by atoms with Crippen LogP contribution >= 0.6 is 12.2 Å². The Bertz CT molecular complexity index is 532. The molecule has 1 atom stereocenters. The normalized spacial score (nSPS) is 13.3. The minimum atomic E-state index is 0.00702. The van der Waals surface area contributed by atoms with Crippen molar-refractivity contribution in [3.63, 3.8) is 0 Å². The minimum absolute atomic E-state index is 0.00702. The third kappa shape index (κ3) is 5.08. The summed E-state index contributed by atoms with van der Waals surface area (Å²) in [6, 6.07) is 7.90. The lowest BCUT2D eigenvalue weighted by atomic mass is 9.99. The first-order chi connectivity index (χ1) is 10.2. The highest BCUT2D eigenvalue weighted by Gasteiger charge is 2.11. The molecule has 0 aliphatic carbocycles. The lowest BCUT2D eigenvalue weighted by Gasteiger charge is -2.18. The van der Waals surface area contributed by atoms with Crippen LogP contribution in [-0.2, 0) is 4.74 Å². The van der Waals surface area contributed by atoms with Crippen molar-refractivity contribution >= 4 is 17.7 Å². The van der Waals surface area contributed by atoms with Gasteiger partial charge in [-0.15, -0.1) is 0 Å². The lowest BCUT2D eigenvalue weighted by molar-refractivity contribution is 0.307. The highest BCUT2D eigenvalue weighted by Crippen LogP contribution is 2.23. The summed E-state index contributed by atoms with van der Waals surface area (Å²) in [5.41, 5.74) is 3.75. The molecule has 0 aliphatic heterocycles. The van der Waals surface area contributed by atoms with Gasteiger partial charge in [0, 0.05) is 0 Å². The molecule has 4 heteroatoms. The van der Waals surface area contributed by atoms with Gasteiger partial charge >= 0.3 is 0 Å². The summed E-state index contributed by atoms with van der Waals surface area (Å²) in [5, 5.41) is 3.18. The fourth-order valence-corrected chi connectivity index (χ4v) is 2.02. The second-order valence-corrected chi connectivity index (χ2v) is 4.61. The monoisotopic (exact) mass is 303 g/mol. The molecule has 0 bridgehead atoms. The summed E-state index contributed by atoms with van der Waals surface area (Å²) in [5.74, 6) is 1.54. The van der Waals surface area contributed by atoms with E-state index in [0.717, 1.165) is 16.9 Å². The molecule has 0 saturated heterocycles. The summed E-state index contributed by atoms with van der Waals surface area (Å²) >= 11 is 4.93. The van der Waals surface area contributed by atoms with Crippen molar-refractivity contribution < 1.29 is 9.47 Å². The van der Waals surface area contributed by atoms with E-state index in [1.807, 2.05) is 43.3 Å². The van der Waals surface area contributed by atoms with Crippen molar-refractivity contribution in [1.29, 1.82) is 0 Å². The van der Waals surface area contributed by atoms with Gasteiger partial charge in [0.05, 0.1) is 25.8 Å². The Kier molecular flexibility index (Phi) is 7.26. The summed E-state index contributed by atoms with van der Waals surface area (Å²) in [7, 11) is 3.27. The van der Waals surface area contributed by atoms with Crippen LogP contribution in [0, 0.1) is 0 Å². The molecular formula is C17H21NO2S. The number of hydrogen-bond donors (Lipinski definition) is 1. The zero-order valence-electron chi connectivity index (χ0n) is 12.6. The van der Waals surface area contributed by atoms with Gasteiger partial charge in [0.25, 0.3) is 0 Å². The van der Waals surface area contributed by atoms with Crippen LogP contribution in [0.1, 0.15) is 18.5 Å². The predicted octanol–water partition coefficient (Wildman–Crippen LogP) is 3.95. The molecule has 0 fully saturated rings. The van der Waals surface area contributed by atoms with E-state index in [1.54, 1.807) is 20.3 Å². The van der Waals surface area contributed by atoms with Crippen molar-refractivity contribution in [2.45, 2.75) is 13.0 Å². The molecule has 0 spiro atoms. The maximum atomic E-state index is 5.18. The molecule has 0 amide bonds. The molecule has 1 aromatic carbocycles. The van der Waals surface area contributed by atoms with E-state index in [2.05, 4.69) is 11.9 Å². The van der Waals surface area contributed by atoms with E-state index in [-0.39, 0.29) is 6.04 Å². The number of rotatable bonds is 8. The Balaban J connectivity index is 3.03. The average molecular weight is 303 g/mol. The number of benzene rings is 1. The Morgan fingerprint density at radius 2 is 1.90 bits per heavy atom. The first-order valence-electron chi connectivity index (χ1n) is 6.54. The maximum Gasteiger partial charge on any atom is 0.118 e. The maximum absolute atomic E-state index is 5.18. The van der Waals surface area contributed by atoms with Crippen LogP contribution in [0.15, 0.2) is 60.4 Å². The summed E-state index contributed by atoms with van der Waals surface area (Å²) < 4.78 is 10.3. The van der Waals surface area contributed by atoms with E-state index < -0.39 is 0 Å². The summed E-state index contributed by atoms with van der Waals surface area (Å²) in [4.78, 5) is 0. The van der Waals surface area contributed by atoms with Crippen LogP contribution in [0.3, 0.4) is 0 Å². The smallest absolute Gasteiger partial charge is 0.118 e. The number of methoxy groups -OCH3 is 2. The first-order valence-corrected chi connectivity index (χ1v) is 7.02. The molecule has 1 rings (SSSR count). The van der Waals surface area contributed by atoms with Gasteiger partial charge in [-0.3, -0.25) is 0 Å². The fraction of sp³-hybridized carbons (Fsp3) is 0.235. The third-order valence-corrected chi connectivity index (χ3v) is 3.22. The molecule has 1 N–H and O–H groups in total. The zero-order valence-corrected chi connectivity index (χ0v) is 13.4. The second-order valence-electron chi connectivity index (χ2n) is 4.38. The molecule has 21 heavy (non-hydrogen) atoms. The average Bonchev–Trinajstić information content (AvgIpc) is 2.53. The molecule has 0 saturated carbocycles. The van der Waals surface area contributed by atoms with Gasteiger partial charge in [-0.2, -0.15) is 0 Å². The Labute approximate surface area is 132 Å². The molecular weight excluding hydrogens is 282 g/mol. The quantitative estimate of drug-likeness (QED) is 0.447. The van der Waals surface area contributed by atoms with E-state index >= 15 is 0 Å². The van der Waals surface area contributed by atoms with E-state index in [9.17, 15) is 0 Å². The Morgan fingerprint density at radius 1 is 1.24 bits per heavy atom. The molecule has 112 valence electrons. The largest absolute Gasteiger partial charge is 0.497 e. The van der Waals surface area contributed by atoms with E-state index in [1.165, 1.54) is 5.49 Å². The molecule has 0 radical (unpaired) electrons. The second kappa shape index (κ2) is 8.97. The summed E-state index contributed by atoms with van der Waals surface area (Å²) in [6.45, 7) is 5.73. The van der Waals surface area contributed by atoms with Gasteiger partial charge in [-0.25, -0.2) is 0 Å². The molecule has 3 nitrogen and oxygen atoms in total. The topological polar surface area (TPSA) is 30.5 Å². The lowest BCUT2D eigenvalue weighted by Crippen LogP contribution is -2.19. The highest BCUT2D eigenvalue weighted by atomic mass is 32.1. The van der Waals surface area contributed by atoms with Crippen LogP contribution < -0.4 is 10.1 Å². The molecule has 1 aromatic rings. The van der Waals surface area contributed by atoms with Gasteiger partial charge in [-0.05, 0) is 42.3 Å². The predicted molar refractivity (Wildman–Crippen MR) is 91.6 cm³/mol. The molecule has 0 aromatic heterocycles. The number of allylic oxidation sites excluding steroid dienone is 3. The van der Waals surface area contributed by atoms with Crippen molar-refractivity contribution in [1.82, 2.24) is 5.32 Å². The van der Waals surface area contributed by atoms with Gasteiger partial charge in [-0.1, -0.05) is 37.0 Å². The number of thiocarbonyl (C=S) groups is 1. The van der Waals surface area contributed by atoms with E-state index in [4.69, 9.17) is 21.7 Å². The van der Waals surface area contributed by atoms with Crippen LogP contribution in [0.25, 0.3) is 0 Å². The minimum Gasteiger partial charge on any atom is -0.497 e. The van der Waals surface area contributed by atoms with Crippen LogP contribution in [0.2, 0.25) is 0 Å². The van der Waals surface area contributed by atoms with Crippen molar-refractivity contribution in [2.75, 3.05) is 14.2 Å². The SMILES string of the molecule is C=C/C(=C\C=C(/C)C(NC=S)c1ccc(OC)cc1)OC. The van der Waals surface area contributed by atoms with Gasteiger partial charge in [0.1, 0.15) is 11.5 Å². The van der Waals surface area contributed by atoms with Crippen LogP contribution in [-0.4, -0.2) is 19.7 Å². The van der Waals surface area contributed by atoms with Crippen molar-refractivity contribution in [2.24, 2.45) is 0 Å². The number of ether oxygens (including phenoxy) is 2. The first kappa shape index (κ1) is 17.0. The van der Waals surface area contributed by atoms with Crippen LogP contribution in [0.5, 0.6) is 5.75 Å². The molecule has 0 heterocycles. The Hall–Kier alpha value is -2.07. The van der Waals surface area contributed by atoms with Gasteiger partial charge in [0.15, 0.2) is 0 Å². The standard InChI is InChI=1S/C17H21NO2S/c1-5-15(19-3)9-6-13(2)17(18-12-21)14-7-10-16(20-4)11-8-14/h5-12,17H,1H2,2-4H3,(H,18,21)/b13-6+,15-9+. The van der Waals surface area contributed by atoms with Crippen LogP contribution in [0.4, 0.5) is 0 Å². The molecule has 0 aliphatic rings. The fourth-order valence-electron chi connectivity index (χ4n) is 1.88. The Morgan fingerprint density at radius 3 is 2.38 bits per heavy atom. The zero-order chi connectivity index (χ0) is 15.7. The van der Waals surface area contributed by atoms with Gasteiger partial charge < -0.3 is 14.8 Å². The molecule has 1 unspecified atom stereocenters. The highest BCUT2D eigenvalue weighted by molar-refractivity contribution is 7.78.